The van der Waals surface area contributed by atoms with Gasteiger partial charge in [0.15, 0.2) is 0 Å². The summed E-state index contributed by atoms with van der Waals surface area (Å²) in [7, 11) is 2.99. The fraction of sp³-hybridized carbons (Fsp3) is 0.800. The van der Waals surface area contributed by atoms with Gasteiger partial charge in [-0.3, -0.25) is 14.4 Å². The molecule has 0 aromatic heterocycles. The number of hydrogen-bond donors (Lipinski definition) is 2. The molecule has 0 rings (SSSR count). The van der Waals surface area contributed by atoms with Crippen molar-refractivity contribution in [1.29, 1.82) is 0 Å². The van der Waals surface area contributed by atoms with E-state index >= 15 is 0 Å². The predicted octanol–water partition coefficient (Wildman–Crippen LogP) is 2.19. The van der Waals surface area contributed by atoms with Crippen molar-refractivity contribution in [3.63, 3.8) is 0 Å². The summed E-state index contributed by atoms with van der Waals surface area (Å²) in [4.78, 5) is 50.5. The van der Waals surface area contributed by atoms with E-state index in [0.717, 1.165) is 18.6 Å². The van der Waals surface area contributed by atoms with E-state index in [2.05, 4.69) is 5.32 Å². The van der Waals surface area contributed by atoms with Crippen LogP contribution in [-0.2, 0) is 19.1 Å². The minimum absolute atomic E-state index is 0.113. The highest BCUT2D eigenvalue weighted by atomic mass is 32.2. The topological polar surface area (TPSA) is 116 Å². The lowest BCUT2D eigenvalue weighted by molar-refractivity contribution is -0.145. The molecular formula is C20H37N3O6S. The second kappa shape index (κ2) is 14.1. The number of carboxylic acids is 1. The molecule has 0 fully saturated rings. The highest BCUT2D eigenvalue weighted by molar-refractivity contribution is 7.98. The van der Waals surface area contributed by atoms with Crippen molar-refractivity contribution in [2.75, 3.05) is 39.2 Å². The average Bonchev–Trinajstić information content (AvgIpc) is 2.63. The zero-order valence-corrected chi connectivity index (χ0v) is 19.8. The Balaban J connectivity index is 4.66. The first kappa shape index (κ1) is 28.0. The van der Waals surface area contributed by atoms with E-state index in [9.17, 15) is 19.2 Å². The molecule has 0 spiro atoms. The van der Waals surface area contributed by atoms with Gasteiger partial charge in [0.1, 0.15) is 11.6 Å². The van der Waals surface area contributed by atoms with Crippen LogP contribution < -0.4 is 5.32 Å². The van der Waals surface area contributed by atoms with Gasteiger partial charge in [-0.15, -0.1) is 0 Å². The van der Waals surface area contributed by atoms with Gasteiger partial charge < -0.3 is 25.0 Å². The van der Waals surface area contributed by atoms with E-state index < -0.39 is 36.0 Å². The number of nitrogens with zero attached hydrogens (tertiary/aromatic N) is 2. The molecular weight excluding hydrogens is 410 g/mol. The maximum Gasteiger partial charge on any atom is 0.410 e. The van der Waals surface area contributed by atoms with Gasteiger partial charge in [0.05, 0.1) is 6.42 Å². The quantitative estimate of drug-likeness (QED) is 0.416. The van der Waals surface area contributed by atoms with E-state index in [1.165, 1.54) is 16.8 Å². The number of carboxylic acid groups (broad SMARTS) is 1. The molecule has 0 radical (unpaired) electrons. The Bertz CT molecular complexity index is 579. The number of ether oxygens (including phenoxy) is 1. The summed E-state index contributed by atoms with van der Waals surface area (Å²) in [6.45, 7) is 5.57. The van der Waals surface area contributed by atoms with Crippen molar-refractivity contribution >= 4 is 35.6 Å². The molecule has 0 aliphatic carbocycles. The van der Waals surface area contributed by atoms with E-state index in [1.54, 1.807) is 39.6 Å². The lowest BCUT2D eigenvalue weighted by Crippen LogP contribution is -2.50. The summed E-state index contributed by atoms with van der Waals surface area (Å²) < 4.78 is 5.23. The SMILES string of the molecule is CSCCCCCC(=O)N(C)[C@@H](CC(=O)O)C(=O)NCCN(C)C(=O)OC(C)(C)C. The number of rotatable bonds is 13. The zero-order chi connectivity index (χ0) is 23.3. The molecule has 0 aromatic rings. The number of carbonyl (C=O) groups excluding carboxylic acids is 3. The first-order chi connectivity index (χ1) is 13.9. The number of amides is 3. The van der Waals surface area contributed by atoms with Gasteiger partial charge in [-0.2, -0.15) is 11.8 Å². The van der Waals surface area contributed by atoms with Gasteiger partial charge in [-0.25, -0.2) is 4.79 Å². The molecule has 30 heavy (non-hydrogen) atoms. The molecule has 0 heterocycles. The number of unbranched alkanes of at least 4 members (excludes halogenated alkanes) is 2. The molecule has 2 N–H and O–H groups in total. The third-order valence-electron chi connectivity index (χ3n) is 4.22. The molecule has 174 valence electrons. The summed E-state index contributed by atoms with van der Waals surface area (Å²) in [6, 6.07) is -1.10. The van der Waals surface area contributed by atoms with Gasteiger partial charge in [0.2, 0.25) is 11.8 Å². The van der Waals surface area contributed by atoms with E-state index in [0.29, 0.717) is 6.42 Å². The second-order valence-electron chi connectivity index (χ2n) is 8.11. The van der Waals surface area contributed by atoms with Gasteiger partial charge >= 0.3 is 12.1 Å². The van der Waals surface area contributed by atoms with Gasteiger partial charge in [-0.05, 0) is 45.6 Å². The maximum absolute atomic E-state index is 12.5. The fourth-order valence-electron chi connectivity index (χ4n) is 2.52. The summed E-state index contributed by atoms with van der Waals surface area (Å²) >= 11 is 1.75. The molecule has 0 saturated carbocycles. The van der Waals surface area contributed by atoms with E-state index in [4.69, 9.17) is 9.84 Å². The van der Waals surface area contributed by atoms with Crippen LogP contribution in [0.2, 0.25) is 0 Å². The van der Waals surface area contributed by atoms with Crippen molar-refractivity contribution in [2.24, 2.45) is 0 Å². The van der Waals surface area contributed by atoms with Crippen LogP contribution in [-0.4, -0.2) is 89.6 Å². The van der Waals surface area contributed by atoms with Crippen LogP contribution in [0.1, 0.15) is 52.9 Å². The Labute approximate surface area is 183 Å². The second-order valence-corrected chi connectivity index (χ2v) is 9.10. The fourth-order valence-corrected chi connectivity index (χ4v) is 3.01. The number of likely N-dealkylation sites (N-methyl/N-ethyl adjacent to an activating group) is 2. The van der Waals surface area contributed by atoms with Crippen LogP contribution in [0.15, 0.2) is 0 Å². The third-order valence-corrected chi connectivity index (χ3v) is 4.92. The number of thioether (sulfide) groups is 1. The Hall–Kier alpha value is -1.97. The molecule has 0 aromatic carbocycles. The number of hydrogen-bond acceptors (Lipinski definition) is 6. The van der Waals surface area contributed by atoms with Crippen LogP contribution in [0.4, 0.5) is 4.79 Å². The Morgan fingerprint density at radius 2 is 1.73 bits per heavy atom. The highest BCUT2D eigenvalue weighted by Crippen LogP contribution is 2.11. The van der Waals surface area contributed by atoms with Crippen molar-refractivity contribution < 1.29 is 29.0 Å². The van der Waals surface area contributed by atoms with Crippen LogP contribution in [0, 0.1) is 0 Å². The first-order valence-electron chi connectivity index (χ1n) is 10.1. The third kappa shape index (κ3) is 12.6. The monoisotopic (exact) mass is 447 g/mol. The van der Waals surface area contributed by atoms with Crippen molar-refractivity contribution in [1.82, 2.24) is 15.1 Å². The molecule has 10 heteroatoms. The molecule has 0 aliphatic rings. The zero-order valence-electron chi connectivity index (χ0n) is 19.0. The molecule has 3 amide bonds. The van der Waals surface area contributed by atoms with Gasteiger partial charge in [0.25, 0.3) is 0 Å². The van der Waals surface area contributed by atoms with Gasteiger partial charge in [-0.1, -0.05) is 6.42 Å². The minimum atomic E-state index is -1.17. The molecule has 0 saturated heterocycles. The Morgan fingerprint density at radius 1 is 1.10 bits per heavy atom. The summed E-state index contributed by atoms with van der Waals surface area (Å²) in [5.41, 5.74) is -0.625. The highest BCUT2D eigenvalue weighted by Gasteiger charge is 2.29. The summed E-state index contributed by atoms with van der Waals surface area (Å²) in [5.74, 6) is -0.952. The minimum Gasteiger partial charge on any atom is -0.481 e. The maximum atomic E-state index is 12.5. The van der Waals surface area contributed by atoms with Gasteiger partial charge in [0, 0.05) is 33.6 Å². The Kier molecular flexibility index (Phi) is 13.2. The average molecular weight is 448 g/mol. The lowest BCUT2D eigenvalue weighted by Gasteiger charge is -2.27. The summed E-state index contributed by atoms with van der Waals surface area (Å²) in [6.07, 6.45) is 3.92. The summed E-state index contributed by atoms with van der Waals surface area (Å²) in [5, 5.41) is 11.7. The number of nitrogens with one attached hydrogen (secondary N) is 1. The number of aliphatic carboxylic acids is 1. The normalized spacial score (nSPS) is 12.1. The number of carbonyl (C=O) groups is 4. The first-order valence-corrected chi connectivity index (χ1v) is 11.5. The van der Waals surface area contributed by atoms with Crippen LogP contribution in [0.5, 0.6) is 0 Å². The van der Waals surface area contributed by atoms with Crippen molar-refractivity contribution in [3.05, 3.63) is 0 Å². The molecule has 1 atom stereocenters. The van der Waals surface area contributed by atoms with Crippen LogP contribution >= 0.6 is 11.8 Å². The van der Waals surface area contributed by atoms with Crippen molar-refractivity contribution in [2.45, 2.75) is 64.5 Å². The van der Waals surface area contributed by atoms with E-state index in [-0.39, 0.29) is 25.4 Å². The van der Waals surface area contributed by atoms with E-state index in [1.807, 2.05) is 6.26 Å². The van der Waals surface area contributed by atoms with Crippen molar-refractivity contribution in [3.8, 4) is 0 Å². The molecule has 9 nitrogen and oxygen atoms in total. The lowest BCUT2D eigenvalue weighted by atomic mass is 10.1. The Morgan fingerprint density at radius 3 is 2.27 bits per heavy atom. The molecule has 0 unspecified atom stereocenters. The van der Waals surface area contributed by atoms with Crippen LogP contribution in [0.25, 0.3) is 0 Å². The molecule has 0 bridgehead atoms. The molecule has 0 aliphatic heterocycles. The van der Waals surface area contributed by atoms with Crippen LogP contribution in [0.3, 0.4) is 0 Å². The largest absolute Gasteiger partial charge is 0.481 e. The standard InChI is InChI=1S/C20H37N3O6S/c1-20(2,3)29-19(28)22(4)12-11-21-18(27)15(14-17(25)26)23(5)16(24)10-8-7-9-13-30-6/h15H,7-14H2,1-6H3,(H,21,27)(H,25,26)/t15-/m0/s1. The predicted molar refractivity (Wildman–Crippen MR) is 118 cm³/mol. The smallest absolute Gasteiger partial charge is 0.410 e.